The van der Waals surface area contributed by atoms with Crippen LogP contribution in [0, 0.1) is 0 Å². The van der Waals surface area contributed by atoms with Crippen LogP contribution in [-0.4, -0.2) is 28.0 Å². The minimum atomic E-state index is 0.204. The van der Waals surface area contributed by atoms with Crippen molar-refractivity contribution in [1.82, 2.24) is 9.47 Å². The lowest BCUT2D eigenvalue weighted by Crippen LogP contribution is -2.40. The molecule has 0 saturated carbocycles. The Morgan fingerprint density at radius 1 is 1.21 bits per heavy atom. The predicted octanol–water partition coefficient (Wildman–Crippen LogP) is 4.07. The van der Waals surface area contributed by atoms with E-state index >= 15 is 0 Å². The van der Waals surface area contributed by atoms with E-state index in [0.29, 0.717) is 6.04 Å². The number of fused-ring (bicyclic) bond motifs is 1. The molecule has 1 aromatic rings. The monoisotopic (exact) mass is 326 g/mol. The Bertz CT molecular complexity index is 435. The first-order valence-electron chi connectivity index (χ1n) is 7.35. The van der Waals surface area contributed by atoms with Crippen LogP contribution in [0.5, 0.6) is 0 Å². The van der Waals surface area contributed by atoms with E-state index in [1.54, 1.807) is 0 Å². The summed E-state index contributed by atoms with van der Waals surface area (Å²) in [6.45, 7) is 6.21. The molecule has 0 aliphatic carbocycles. The molecule has 0 N–H and O–H groups in total. The lowest BCUT2D eigenvalue weighted by molar-refractivity contribution is 0.0660. The van der Waals surface area contributed by atoms with Gasteiger partial charge in [0.15, 0.2) is 0 Å². The average Bonchev–Trinajstić information content (AvgIpc) is 2.66. The summed E-state index contributed by atoms with van der Waals surface area (Å²) in [4.78, 5) is 14.8. The van der Waals surface area contributed by atoms with Gasteiger partial charge >= 0.3 is 0 Å². The molecule has 0 aromatic carbocycles. The maximum atomic E-state index is 12.7. The lowest BCUT2D eigenvalue weighted by atomic mass is 10.0. The van der Waals surface area contributed by atoms with E-state index < -0.39 is 0 Å². The second-order valence-corrected chi connectivity index (χ2v) is 6.09. The van der Waals surface area contributed by atoms with Gasteiger partial charge in [-0.15, -0.1) is 0 Å². The Labute approximate surface area is 124 Å². The van der Waals surface area contributed by atoms with Crippen LogP contribution < -0.4 is 0 Å². The number of hydrogen-bond donors (Lipinski definition) is 0. The van der Waals surface area contributed by atoms with E-state index in [0.717, 1.165) is 55.5 Å². The van der Waals surface area contributed by atoms with Gasteiger partial charge in [0.2, 0.25) is 0 Å². The molecule has 1 amide bonds. The summed E-state index contributed by atoms with van der Waals surface area (Å²) in [5, 5.41) is 0. The highest BCUT2D eigenvalue weighted by Crippen LogP contribution is 2.24. The summed E-state index contributed by atoms with van der Waals surface area (Å²) < 4.78 is 3.11. The highest BCUT2D eigenvalue weighted by atomic mass is 79.9. The molecule has 2 heterocycles. The zero-order valence-corrected chi connectivity index (χ0v) is 13.4. The molecular formula is C15H23BrN2O. The van der Waals surface area contributed by atoms with Crippen molar-refractivity contribution >= 4 is 21.8 Å². The second kappa shape index (κ2) is 6.60. The van der Waals surface area contributed by atoms with Crippen LogP contribution in [-0.2, 0) is 6.54 Å². The zero-order chi connectivity index (χ0) is 13.8. The number of halogens is 1. The molecule has 106 valence electrons. The first kappa shape index (κ1) is 14.6. The van der Waals surface area contributed by atoms with Crippen LogP contribution >= 0.6 is 15.9 Å². The van der Waals surface area contributed by atoms with Crippen LogP contribution in [0.25, 0.3) is 0 Å². The number of hydrogen-bond acceptors (Lipinski definition) is 1. The average molecular weight is 327 g/mol. The van der Waals surface area contributed by atoms with Crippen molar-refractivity contribution in [2.24, 2.45) is 0 Å². The minimum absolute atomic E-state index is 0.204. The maximum absolute atomic E-state index is 12.7. The summed E-state index contributed by atoms with van der Waals surface area (Å²) in [6.07, 6.45) is 5.54. The largest absolute Gasteiger partial charge is 0.334 e. The maximum Gasteiger partial charge on any atom is 0.270 e. The number of carbonyl (C=O) groups excluding carboxylic acids is 1. The standard InChI is InChI=1S/C15H23BrN2O/c1-3-6-12(7-4-2)17-10-5-11-18-13(15(17)19)8-9-14(18)16/h8-9,12H,3-7,10-11H2,1-2H3. The van der Waals surface area contributed by atoms with Gasteiger partial charge in [0.1, 0.15) is 5.69 Å². The lowest BCUT2D eigenvalue weighted by Gasteiger charge is -2.30. The van der Waals surface area contributed by atoms with Gasteiger partial charge in [0.05, 0.1) is 4.60 Å². The Kier molecular flexibility index (Phi) is 5.08. The van der Waals surface area contributed by atoms with Crippen molar-refractivity contribution in [2.75, 3.05) is 6.54 Å². The van der Waals surface area contributed by atoms with Gasteiger partial charge in [0, 0.05) is 19.1 Å². The van der Waals surface area contributed by atoms with Crippen molar-refractivity contribution < 1.29 is 4.79 Å². The topological polar surface area (TPSA) is 25.2 Å². The Morgan fingerprint density at radius 3 is 2.53 bits per heavy atom. The van der Waals surface area contributed by atoms with Crippen LogP contribution in [0.2, 0.25) is 0 Å². The van der Waals surface area contributed by atoms with Crippen molar-refractivity contribution in [3.05, 3.63) is 22.4 Å². The number of rotatable bonds is 5. The Morgan fingerprint density at radius 2 is 1.89 bits per heavy atom. The highest BCUT2D eigenvalue weighted by molar-refractivity contribution is 9.10. The van der Waals surface area contributed by atoms with Crippen molar-refractivity contribution in [3.63, 3.8) is 0 Å². The Hall–Kier alpha value is -0.770. The molecule has 1 aliphatic rings. The number of amides is 1. The summed E-state index contributed by atoms with van der Waals surface area (Å²) in [5.41, 5.74) is 0.835. The molecule has 3 nitrogen and oxygen atoms in total. The molecule has 19 heavy (non-hydrogen) atoms. The summed E-state index contributed by atoms with van der Waals surface area (Å²) in [7, 11) is 0. The molecule has 0 saturated heterocycles. The molecule has 0 unspecified atom stereocenters. The number of nitrogens with zero attached hydrogens (tertiary/aromatic N) is 2. The van der Waals surface area contributed by atoms with E-state index in [1.807, 2.05) is 12.1 Å². The summed E-state index contributed by atoms with van der Waals surface area (Å²) in [5.74, 6) is 0.204. The minimum Gasteiger partial charge on any atom is -0.334 e. The van der Waals surface area contributed by atoms with Crippen LogP contribution in [0.3, 0.4) is 0 Å². The van der Waals surface area contributed by atoms with Gasteiger partial charge < -0.3 is 9.47 Å². The second-order valence-electron chi connectivity index (χ2n) is 5.28. The molecule has 0 spiro atoms. The smallest absolute Gasteiger partial charge is 0.270 e. The van der Waals surface area contributed by atoms with Gasteiger partial charge in [-0.05, 0) is 47.3 Å². The van der Waals surface area contributed by atoms with E-state index in [-0.39, 0.29) is 5.91 Å². The van der Waals surface area contributed by atoms with E-state index in [9.17, 15) is 4.79 Å². The van der Waals surface area contributed by atoms with Gasteiger partial charge in [0.25, 0.3) is 5.91 Å². The molecular weight excluding hydrogens is 304 g/mol. The molecule has 0 atom stereocenters. The van der Waals surface area contributed by atoms with Gasteiger partial charge in [-0.1, -0.05) is 26.7 Å². The van der Waals surface area contributed by atoms with Crippen molar-refractivity contribution in [2.45, 2.75) is 58.5 Å². The summed E-state index contributed by atoms with van der Waals surface area (Å²) in [6, 6.07) is 4.33. The predicted molar refractivity (Wildman–Crippen MR) is 81.4 cm³/mol. The molecule has 4 heteroatoms. The van der Waals surface area contributed by atoms with Gasteiger partial charge in [-0.3, -0.25) is 4.79 Å². The fourth-order valence-corrected chi connectivity index (χ4v) is 3.48. The third-order valence-corrected chi connectivity index (χ3v) is 4.57. The molecule has 1 aromatic heterocycles. The molecule has 1 aliphatic heterocycles. The van der Waals surface area contributed by atoms with Crippen molar-refractivity contribution in [1.29, 1.82) is 0 Å². The van der Waals surface area contributed by atoms with Gasteiger partial charge in [-0.2, -0.15) is 0 Å². The number of carbonyl (C=O) groups is 1. The van der Waals surface area contributed by atoms with Crippen LogP contribution in [0.4, 0.5) is 0 Å². The summed E-state index contributed by atoms with van der Waals surface area (Å²) >= 11 is 3.52. The Balaban J connectivity index is 2.24. The van der Waals surface area contributed by atoms with Crippen molar-refractivity contribution in [3.8, 4) is 0 Å². The molecule has 0 fully saturated rings. The highest BCUT2D eigenvalue weighted by Gasteiger charge is 2.28. The van der Waals surface area contributed by atoms with E-state index in [2.05, 4.69) is 39.2 Å². The molecule has 2 rings (SSSR count). The van der Waals surface area contributed by atoms with Gasteiger partial charge in [-0.25, -0.2) is 0 Å². The fourth-order valence-electron chi connectivity index (χ4n) is 2.98. The first-order chi connectivity index (χ1) is 9.19. The van der Waals surface area contributed by atoms with Crippen LogP contribution in [0.15, 0.2) is 16.7 Å². The third-order valence-electron chi connectivity index (χ3n) is 3.87. The zero-order valence-electron chi connectivity index (χ0n) is 11.9. The fraction of sp³-hybridized carbons (Fsp3) is 0.667. The molecule has 0 radical (unpaired) electrons. The van der Waals surface area contributed by atoms with Crippen LogP contribution in [0.1, 0.15) is 56.4 Å². The normalized spacial score (nSPS) is 15.8. The van der Waals surface area contributed by atoms with E-state index in [4.69, 9.17) is 0 Å². The molecule has 0 bridgehead atoms. The first-order valence-corrected chi connectivity index (χ1v) is 8.14. The SMILES string of the molecule is CCCC(CCC)N1CCCn2c(Br)ccc2C1=O. The third kappa shape index (κ3) is 3.04. The quantitative estimate of drug-likeness (QED) is 0.800. The number of aromatic nitrogens is 1. The van der Waals surface area contributed by atoms with E-state index in [1.165, 1.54) is 0 Å².